The number of hydrogen-bond donors (Lipinski definition) is 5. The summed E-state index contributed by atoms with van der Waals surface area (Å²) in [6.45, 7) is 2.73. The molecule has 5 rings (SSSR count). The smallest absolute Gasteiger partial charge is 0.274 e. The molecular weight excluding hydrogens is 498 g/mol. The number of fused-ring (bicyclic) bond motifs is 2. The summed E-state index contributed by atoms with van der Waals surface area (Å²) in [6.07, 6.45) is 6.02. The highest BCUT2D eigenvalue weighted by atomic mass is 16.2. The van der Waals surface area contributed by atoms with Gasteiger partial charge < -0.3 is 25.8 Å². The van der Waals surface area contributed by atoms with E-state index in [0.717, 1.165) is 47.0 Å². The van der Waals surface area contributed by atoms with Gasteiger partial charge in [-0.3, -0.25) is 24.3 Å². The molecule has 11 heteroatoms. The quantitative estimate of drug-likeness (QED) is 0.344. The van der Waals surface area contributed by atoms with Gasteiger partial charge in [0.25, 0.3) is 5.91 Å². The van der Waals surface area contributed by atoms with Crippen LogP contribution in [0, 0.1) is 0 Å². The van der Waals surface area contributed by atoms with Gasteiger partial charge in [-0.1, -0.05) is 18.2 Å². The molecule has 0 bridgehead atoms. The third-order valence-corrected chi connectivity index (χ3v) is 7.53. The number of nitrogens with one attached hydrogen (secondary N) is 5. The van der Waals surface area contributed by atoms with Crippen molar-refractivity contribution in [3.8, 4) is 0 Å². The number of hydrogen-bond acceptors (Lipinski definition) is 5. The minimum Gasteiger partial charge on any atom is -0.361 e. The Morgan fingerprint density at radius 2 is 1.82 bits per heavy atom. The first-order valence-corrected chi connectivity index (χ1v) is 13.7. The van der Waals surface area contributed by atoms with E-state index in [4.69, 9.17) is 0 Å². The highest BCUT2D eigenvalue weighted by molar-refractivity contribution is 5.94. The highest BCUT2D eigenvalue weighted by Crippen LogP contribution is 2.24. The molecule has 1 fully saturated rings. The Morgan fingerprint density at radius 1 is 1.00 bits per heavy atom. The van der Waals surface area contributed by atoms with Crippen LogP contribution in [-0.2, 0) is 33.6 Å². The lowest BCUT2D eigenvalue weighted by Crippen LogP contribution is -2.53. The third-order valence-electron chi connectivity index (χ3n) is 7.53. The first-order valence-electron chi connectivity index (χ1n) is 13.7. The Bertz CT molecular complexity index is 1380. The molecule has 4 amide bonds. The minimum absolute atomic E-state index is 0.159. The van der Waals surface area contributed by atoms with Crippen LogP contribution in [0.4, 0.5) is 0 Å². The summed E-state index contributed by atoms with van der Waals surface area (Å²) in [5, 5.41) is 16.7. The van der Waals surface area contributed by atoms with E-state index in [0.29, 0.717) is 38.2 Å². The van der Waals surface area contributed by atoms with Crippen LogP contribution in [-0.4, -0.2) is 75.4 Å². The van der Waals surface area contributed by atoms with Crippen molar-refractivity contribution in [2.75, 3.05) is 19.6 Å². The molecule has 11 nitrogen and oxygen atoms in total. The van der Waals surface area contributed by atoms with Crippen LogP contribution < -0.4 is 16.0 Å². The zero-order valence-electron chi connectivity index (χ0n) is 22.1. The maximum atomic E-state index is 13.4. The summed E-state index contributed by atoms with van der Waals surface area (Å²) in [5.74, 6) is -1.18. The predicted molar refractivity (Wildman–Crippen MR) is 145 cm³/mol. The molecule has 2 atom stereocenters. The first kappa shape index (κ1) is 26.5. The highest BCUT2D eigenvalue weighted by Gasteiger charge is 2.28. The van der Waals surface area contributed by atoms with Crippen molar-refractivity contribution in [2.45, 2.75) is 64.0 Å². The molecule has 39 heavy (non-hydrogen) atoms. The van der Waals surface area contributed by atoms with Crippen LogP contribution in [0.3, 0.4) is 0 Å². The summed E-state index contributed by atoms with van der Waals surface area (Å²) in [6, 6.07) is 6.14. The lowest BCUT2D eigenvalue weighted by Gasteiger charge is -2.23. The Labute approximate surface area is 226 Å². The maximum Gasteiger partial charge on any atom is 0.274 e. The summed E-state index contributed by atoms with van der Waals surface area (Å²) in [5.41, 5.74) is 4.32. The van der Waals surface area contributed by atoms with E-state index in [9.17, 15) is 19.2 Å². The number of nitrogens with zero attached hydrogens (tertiary/aromatic N) is 2. The first-order chi connectivity index (χ1) is 18.9. The third kappa shape index (κ3) is 5.97. The molecule has 206 valence electrons. The van der Waals surface area contributed by atoms with E-state index < -0.39 is 18.0 Å². The van der Waals surface area contributed by atoms with Crippen molar-refractivity contribution in [1.29, 1.82) is 0 Å². The van der Waals surface area contributed by atoms with E-state index in [2.05, 4.69) is 31.1 Å². The summed E-state index contributed by atoms with van der Waals surface area (Å²) in [7, 11) is 0. The number of aryl methyl sites for hydroxylation is 1. The molecule has 3 aromatic rings. The molecule has 0 spiro atoms. The van der Waals surface area contributed by atoms with Crippen molar-refractivity contribution >= 4 is 34.5 Å². The summed E-state index contributed by atoms with van der Waals surface area (Å²) in [4.78, 5) is 57.1. The van der Waals surface area contributed by atoms with Gasteiger partial charge in [0.2, 0.25) is 17.7 Å². The van der Waals surface area contributed by atoms with E-state index in [-0.39, 0.29) is 30.6 Å². The molecule has 3 heterocycles. The molecule has 2 aliphatic rings. The fourth-order valence-electron chi connectivity index (χ4n) is 5.40. The zero-order chi connectivity index (χ0) is 27.4. The average Bonchev–Trinajstić information content (AvgIpc) is 3.65. The van der Waals surface area contributed by atoms with Gasteiger partial charge in [-0.25, -0.2) is 0 Å². The van der Waals surface area contributed by atoms with E-state index in [1.807, 2.05) is 30.5 Å². The average molecular weight is 534 g/mol. The van der Waals surface area contributed by atoms with Gasteiger partial charge in [0.1, 0.15) is 12.1 Å². The van der Waals surface area contributed by atoms with Gasteiger partial charge in [-0.2, -0.15) is 5.10 Å². The summed E-state index contributed by atoms with van der Waals surface area (Å²) < 4.78 is 0. The van der Waals surface area contributed by atoms with Crippen LogP contribution in [0.25, 0.3) is 10.9 Å². The molecule has 1 saturated heterocycles. The lowest BCUT2D eigenvalue weighted by molar-refractivity contribution is -0.131. The van der Waals surface area contributed by atoms with Crippen molar-refractivity contribution in [1.82, 2.24) is 36.0 Å². The standard InChI is InChI=1S/C28H35N7O4/c1-17-26(37)32-23(15-18-16-30-21-9-3-2-7-19(18)21)27(38)29-12-6-14-35(13-5-11-24(36)31-17)28(39)25-20-8-4-10-22(20)33-34-25/h2-3,7,9,16-17,23,30H,4-6,8,10-15H2,1H3,(H,29,38)(H,31,36)(H,32,37)(H,33,34)/t17-,23+/m0/s1. The number of H-pyrrole nitrogens is 2. The molecule has 1 aliphatic carbocycles. The summed E-state index contributed by atoms with van der Waals surface area (Å²) >= 11 is 0. The number of aromatic nitrogens is 3. The monoisotopic (exact) mass is 533 g/mol. The van der Waals surface area contributed by atoms with Crippen LogP contribution in [0.1, 0.15) is 59.9 Å². The van der Waals surface area contributed by atoms with Crippen LogP contribution in [0.5, 0.6) is 0 Å². The van der Waals surface area contributed by atoms with Gasteiger partial charge in [0.05, 0.1) is 0 Å². The predicted octanol–water partition coefficient (Wildman–Crippen LogP) is 1.35. The van der Waals surface area contributed by atoms with Crippen molar-refractivity contribution in [2.24, 2.45) is 0 Å². The fourth-order valence-corrected chi connectivity index (χ4v) is 5.40. The van der Waals surface area contributed by atoms with Crippen molar-refractivity contribution < 1.29 is 19.2 Å². The van der Waals surface area contributed by atoms with E-state index in [1.54, 1.807) is 11.8 Å². The Balaban J connectivity index is 1.31. The number of carbonyl (C=O) groups excluding carboxylic acids is 4. The number of benzene rings is 1. The number of para-hydroxylation sites is 1. The van der Waals surface area contributed by atoms with Crippen LogP contribution in [0.15, 0.2) is 30.5 Å². The molecule has 0 radical (unpaired) electrons. The topological polar surface area (TPSA) is 152 Å². The Hall–Kier alpha value is -4.15. The number of amides is 4. The van der Waals surface area contributed by atoms with E-state index >= 15 is 0 Å². The normalized spacial score (nSPS) is 21.5. The van der Waals surface area contributed by atoms with Gasteiger partial charge in [-0.15, -0.1) is 0 Å². The largest absolute Gasteiger partial charge is 0.361 e. The van der Waals surface area contributed by atoms with Gasteiger partial charge in [-0.05, 0) is 50.7 Å². The zero-order valence-corrected chi connectivity index (χ0v) is 22.1. The fraction of sp³-hybridized carbons (Fsp3) is 0.464. The lowest BCUT2D eigenvalue weighted by atomic mass is 10.0. The molecule has 5 N–H and O–H groups in total. The molecule has 2 aromatic heterocycles. The number of carbonyl (C=O) groups is 4. The van der Waals surface area contributed by atoms with E-state index in [1.165, 1.54) is 0 Å². The molecule has 0 unspecified atom stereocenters. The van der Waals surface area contributed by atoms with Crippen LogP contribution in [0.2, 0.25) is 0 Å². The molecular formula is C28H35N7O4. The number of rotatable bonds is 3. The Morgan fingerprint density at radius 3 is 2.69 bits per heavy atom. The molecule has 0 saturated carbocycles. The van der Waals surface area contributed by atoms with Crippen molar-refractivity contribution in [3.05, 3.63) is 53.0 Å². The SMILES string of the molecule is C[C@@H]1NC(=O)CCCN(C(=O)c2n[nH]c3c2CCC3)CCCNC(=O)[C@@H](Cc2c[nH]c3ccccc23)NC1=O. The van der Waals surface area contributed by atoms with Gasteiger partial charge in [0, 0.05) is 60.8 Å². The second-order valence-corrected chi connectivity index (χ2v) is 10.3. The van der Waals surface area contributed by atoms with Crippen molar-refractivity contribution in [3.63, 3.8) is 0 Å². The second-order valence-electron chi connectivity index (χ2n) is 10.3. The van der Waals surface area contributed by atoms with Gasteiger partial charge in [0.15, 0.2) is 5.69 Å². The maximum absolute atomic E-state index is 13.4. The molecule has 1 aromatic carbocycles. The molecule has 1 aliphatic heterocycles. The Kier molecular flexibility index (Phi) is 7.94. The minimum atomic E-state index is -0.828. The second kappa shape index (κ2) is 11.7. The van der Waals surface area contributed by atoms with Gasteiger partial charge >= 0.3 is 0 Å². The number of aromatic amines is 2. The van der Waals surface area contributed by atoms with Crippen LogP contribution >= 0.6 is 0 Å².